The topological polar surface area (TPSA) is 46.3 Å². The summed E-state index contributed by atoms with van der Waals surface area (Å²) in [6, 6.07) is 0. The second-order valence-electron chi connectivity index (χ2n) is 5.89. The standard InChI is InChI=1S/C11H22N2O.C6H14/c1-2-3-4-5-11(14)13-7-6-10(8-12)9-13;1-3-5-6-4-2/h10H,2-9,12H2,1H3;3-6H2,1-2H3/t10-;/m1./s1. The molecule has 0 saturated carbocycles. The van der Waals surface area contributed by atoms with E-state index in [-0.39, 0.29) is 0 Å². The molecule has 1 aliphatic rings. The van der Waals surface area contributed by atoms with E-state index < -0.39 is 0 Å². The fraction of sp³-hybridized carbons (Fsp3) is 0.941. The van der Waals surface area contributed by atoms with E-state index in [1.54, 1.807) is 0 Å². The lowest BCUT2D eigenvalue weighted by atomic mass is 10.1. The second kappa shape index (κ2) is 13.4. The predicted octanol–water partition coefficient (Wildman–Crippen LogP) is 3.96. The number of nitrogens with two attached hydrogens (primary N) is 1. The molecule has 20 heavy (non-hydrogen) atoms. The van der Waals surface area contributed by atoms with Gasteiger partial charge in [0, 0.05) is 19.5 Å². The maximum atomic E-state index is 11.7. The zero-order valence-electron chi connectivity index (χ0n) is 14.0. The number of hydrogen-bond acceptors (Lipinski definition) is 2. The molecule has 1 amide bonds. The highest BCUT2D eigenvalue weighted by Gasteiger charge is 2.24. The van der Waals surface area contributed by atoms with Gasteiger partial charge >= 0.3 is 0 Å². The Hall–Kier alpha value is -0.570. The van der Waals surface area contributed by atoms with E-state index in [1.807, 2.05) is 4.90 Å². The van der Waals surface area contributed by atoms with Gasteiger partial charge < -0.3 is 10.6 Å². The summed E-state index contributed by atoms with van der Waals surface area (Å²) < 4.78 is 0. The van der Waals surface area contributed by atoms with Crippen molar-refractivity contribution in [1.29, 1.82) is 0 Å². The molecule has 120 valence electrons. The summed E-state index contributed by atoms with van der Waals surface area (Å²) in [6.45, 7) is 9.16. The van der Waals surface area contributed by atoms with Crippen LogP contribution < -0.4 is 5.73 Å². The molecule has 3 nitrogen and oxygen atoms in total. The maximum absolute atomic E-state index is 11.7. The molecule has 3 heteroatoms. The van der Waals surface area contributed by atoms with E-state index in [0.29, 0.717) is 11.8 Å². The van der Waals surface area contributed by atoms with Crippen LogP contribution >= 0.6 is 0 Å². The third-order valence-corrected chi connectivity index (χ3v) is 3.92. The van der Waals surface area contributed by atoms with Crippen molar-refractivity contribution in [1.82, 2.24) is 4.90 Å². The van der Waals surface area contributed by atoms with Gasteiger partial charge in [0.1, 0.15) is 0 Å². The first-order valence-electron chi connectivity index (χ1n) is 8.67. The molecular weight excluding hydrogens is 248 g/mol. The number of hydrogen-bond donors (Lipinski definition) is 1. The average Bonchev–Trinajstić information content (AvgIpc) is 2.95. The van der Waals surface area contributed by atoms with Crippen molar-refractivity contribution in [2.24, 2.45) is 11.7 Å². The number of carbonyl (C=O) groups is 1. The van der Waals surface area contributed by atoms with E-state index >= 15 is 0 Å². The highest BCUT2D eigenvalue weighted by molar-refractivity contribution is 5.76. The molecule has 0 aliphatic carbocycles. The molecule has 0 aromatic carbocycles. The van der Waals surface area contributed by atoms with E-state index in [4.69, 9.17) is 5.73 Å². The zero-order chi connectivity index (χ0) is 15.2. The van der Waals surface area contributed by atoms with Gasteiger partial charge in [-0.15, -0.1) is 0 Å². The average molecular weight is 284 g/mol. The molecule has 1 atom stereocenters. The summed E-state index contributed by atoms with van der Waals surface area (Å²) in [7, 11) is 0. The van der Waals surface area contributed by atoms with Crippen molar-refractivity contribution >= 4 is 5.91 Å². The summed E-state index contributed by atoms with van der Waals surface area (Å²) in [5.41, 5.74) is 5.58. The van der Waals surface area contributed by atoms with Gasteiger partial charge in [-0.3, -0.25) is 4.79 Å². The van der Waals surface area contributed by atoms with Crippen LogP contribution in [0.1, 0.15) is 78.6 Å². The summed E-state index contributed by atoms with van der Waals surface area (Å²) in [4.78, 5) is 13.6. The van der Waals surface area contributed by atoms with Crippen LogP contribution in [0.2, 0.25) is 0 Å². The molecule has 1 saturated heterocycles. The third kappa shape index (κ3) is 9.35. The fourth-order valence-corrected chi connectivity index (χ4v) is 2.44. The highest BCUT2D eigenvalue weighted by Crippen LogP contribution is 2.16. The minimum absolute atomic E-state index is 0.328. The molecule has 0 spiro atoms. The van der Waals surface area contributed by atoms with Gasteiger partial charge in [-0.1, -0.05) is 59.3 Å². The van der Waals surface area contributed by atoms with Crippen LogP contribution in [-0.4, -0.2) is 30.4 Å². The van der Waals surface area contributed by atoms with Crippen LogP contribution in [0.15, 0.2) is 0 Å². The maximum Gasteiger partial charge on any atom is 0.222 e. The zero-order valence-corrected chi connectivity index (χ0v) is 14.0. The monoisotopic (exact) mass is 284 g/mol. The van der Waals surface area contributed by atoms with Crippen LogP contribution in [0.4, 0.5) is 0 Å². The third-order valence-electron chi connectivity index (χ3n) is 3.92. The Morgan fingerprint density at radius 3 is 2.05 bits per heavy atom. The summed E-state index contributed by atoms with van der Waals surface area (Å²) in [5.74, 6) is 0.875. The van der Waals surface area contributed by atoms with Crippen molar-refractivity contribution in [2.75, 3.05) is 19.6 Å². The minimum atomic E-state index is 0.328. The Labute approximate surface area is 126 Å². The number of unbranched alkanes of at least 4 members (excludes halogenated alkanes) is 5. The minimum Gasteiger partial charge on any atom is -0.342 e. The van der Waals surface area contributed by atoms with Gasteiger partial charge in [0.05, 0.1) is 0 Å². The highest BCUT2D eigenvalue weighted by atomic mass is 16.2. The quantitative estimate of drug-likeness (QED) is 0.686. The largest absolute Gasteiger partial charge is 0.342 e. The Bertz CT molecular complexity index is 227. The number of rotatable bonds is 8. The van der Waals surface area contributed by atoms with Gasteiger partial charge in [-0.25, -0.2) is 0 Å². The molecular formula is C17H36N2O. The van der Waals surface area contributed by atoms with Gasteiger partial charge in [0.2, 0.25) is 5.91 Å². The molecule has 0 aromatic heterocycles. The van der Waals surface area contributed by atoms with Gasteiger partial charge in [-0.05, 0) is 25.3 Å². The molecule has 0 aromatic rings. The van der Waals surface area contributed by atoms with E-state index in [0.717, 1.165) is 38.9 Å². The van der Waals surface area contributed by atoms with Crippen LogP contribution in [0.3, 0.4) is 0 Å². The van der Waals surface area contributed by atoms with E-state index in [2.05, 4.69) is 20.8 Å². The summed E-state index contributed by atoms with van der Waals surface area (Å²) in [6.07, 6.45) is 10.7. The number of carbonyl (C=O) groups excluding carboxylic acids is 1. The Balaban J connectivity index is 0.000000511. The van der Waals surface area contributed by atoms with Gasteiger partial charge in [-0.2, -0.15) is 0 Å². The van der Waals surface area contributed by atoms with Crippen LogP contribution in [-0.2, 0) is 4.79 Å². The first kappa shape index (κ1) is 19.4. The molecule has 0 bridgehead atoms. The molecule has 0 unspecified atom stereocenters. The molecule has 1 rings (SSSR count). The van der Waals surface area contributed by atoms with E-state index in [9.17, 15) is 4.79 Å². The lowest BCUT2D eigenvalue weighted by Gasteiger charge is -2.15. The molecule has 1 fully saturated rings. The first-order valence-corrected chi connectivity index (χ1v) is 8.67. The predicted molar refractivity (Wildman–Crippen MR) is 87.7 cm³/mol. The Morgan fingerprint density at radius 2 is 1.60 bits per heavy atom. The van der Waals surface area contributed by atoms with Gasteiger partial charge in [0.25, 0.3) is 0 Å². The Morgan fingerprint density at radius 1 is 1.05 bits per heavy atom. The smallest absolute Gasteiger partial charge is 0.222 e. The van der Waals surface area contributed by atoms with Crippen molar-refractivity contribution in [3.63, 3.8) is 0 Å². The lowest BCUT2D eigenvalue weighted by molar-refractivity contribution is -0.130. The first-order chi connectivity index (χ1) is 9.69. The SMILES string of the molecule is CCCCCC.CCCCCC(=O)N1CC[C@H](CN)C1. The summed E-state index contributed by atoms with van der Waals surface area (Å²) >= 11 is 0. The normalized spacial score (nSPS) is 17.8. The van der Waals surface area contributed by atoms with Crippen molar-refractivity contribution < 1.29 is 4.79 Å². The molecule has 1 aliphatic heterocycles. The molecule has 2 N–H and O–H groups in total. The summed E-state index contributed by atoms with van der Waals surface area (Å²) in [5, 5.41) is 0. The number of amides is 1. The van der Waals surface area contributed by atoms with Crippen molar-refractivity contribution in [2.45, 2.75) is 78.6 Å². The van der Waals surface area contributed by atoms with Gasteiger partial charge in [0.15, 0.2) is 0 Å². The van der Waals surface area contributed by atoms with Crippen LogP contribution in [0, 0.1) is 5.92 Å². The number of likely N-dealkylation sites (tertiary alicyclic amines) is 1. The van der Waals surface area contributed by atoms with Crippen molar-refractivity contribution in [3.05, 3.63) is 0 Å². The Kier molecular flexibility index (Phi) is 13.0. The lowest BCUT2D eigenvalue weighted by Crippen LogP contribution is -2.29. The van der Waals surface area contributed by atoms with E-state index in [1.165, 1.54) is 38.5 Å². The number of nitrogens with zero attached hydrogens (tertiary/aromatic N) is 1. The van der Waals surface area contributed by atoms with Crippen LogP contribution in [0.5, 0.6) is 0 Å². The fourth-order valence-electron chi connectivity index (χ4n) is 2.44. The van der Waals surface area contributed by atoms with Crippen LogP contribution in [0.25, 0.3) is 0 Å². The van der Waals surface area contributed by atoms with Crippen molar-refractivity contribution in [3.8, 4) is 0 Å². The molecule has 0 radical (unpaired) electrons. The second-order valence-corrected chi connectivity index (χ2v) is 5.89. The molecule has 1 heterocycles.